The van der Waals surface area contributed by atoms with Crippen LogP contribution >= 0.6 is 0 Å². The van der Waals surface area contributed by atoms with E-state index in [-0.39, 0.29) is 18.0 Å². The number of aromatic nitrogens is 2. The van der Waals surface area contributed by atoms with Gasteiger partial charge in [-0.25, -0.2) is 9.48 Å². The SMILES string of the molecule is COC(=O)C1=Cc2c(c(-c3ccccc3)nn2-c2ccccc2)C(C(=O)c2ccccc2)=NC1. The van der Waals surface area contributed by atoms with Gasteiger partial charge in [-0.15, -0.1) is 0 Å². The zero-order valence-electron chi connectivity index (χ0n) is 18.5. The number of rotatable bonds is 5. The van der Waals surface area contributed by atoms with Crippen LogP contribution in [0.1, 0.15) is 21.6 Å². The summed E-state index contributed by atoms with van der Waals surface area (Å²) in [5.74, 6) is -0.726. The van der Waals surface area contributed by atoms with Crippen molar-refractivity contribution in [3.05, 3.63) is 113 Å². The van der Waals surface area contributed by atoms with Crippen LogP contribution < -0.4 is 0 Å². The summed E-state index contributed by atoms with van der Waals surface area (Å²) in [6.45, 7) is 0.0261. The molecule has 0 spiro atoms. The fraction of sp³-hybridized carbons (Fsp3) is 0.0714. The average Bonchev–Trinajstić information content (AvgIpc) is 3.16. The molecule has 2 heterocycles. The van der Waals surface area contributed by atoms with Crippen LogP contribution in [0.2, 0.25) is 0 Å². The van der Waals surface area contributed by atoms with E-state index in [9.17, 15) is 9.59 Å². The van der Waals surface area contributed by atoms with Gasteiger partial charge in [0.2, 0.25) is 5.78 Å². The van der Waals surface area contributed by atoms with Crippen LogP contribution in [0, 0.1) is 0 Å². The van der Waals surface area contributed by atoms with Gasteiger partial charge in [0.05, 0.1) is 36.2 Å². The Morgan fingerprint density at radius 1 is 0.853 bits per heavy atom. The summed E-state index contributed by atoms with van der Waals surface area (Å²) in [6, 6.07) is 28.3. The number of benzene rings is 3. The Morgan fingerprint density at radius 3 is 2.12 bits per heavy atom. The summed E-state index contributed by atoms with van der Waals surface area (Å²) in [6.07, 6.45) is 1.72. The number of Topliss-reactive ketones (excluding diaryl/α,β-unsaturated/α-hetero) is 1. The Hall–Kier alpha value is -4.58. The molecule has 1 aromatic heterocycles. The Morgan fingerprint density at radius 2 is 1.47 bits per heavy atom. The van der Waals surface area contributed by atoms with Gasteiger partial charge in [-0.3, -0.25) is 9.79 Å². The number of fused-ring (bicyclic) bond motifs is 1. The molecule has 4 aromatic rings. The lowest BCUT2D eigenvalue weighted by Gasteiger charge is -2.08. The molecule has 0 bridgehead atoms. The Labute approximate surface area is 196 Å². The number of esters is 1. The number of para-hydroxylation sites is 1. The molecule has 5 rings (SSSR count). The first-order chi connectivity index (χ1) is 16.7. The molecule has 0 radical (unpaired) electrons. The van der Waals surface area contributed by atoms with Gasteiger partial charge in [0.25, 0.3) is 0 Å². The highest BCUT2D eigenvalue weighted by Crippen LogP contribution is 2.32. The van der Waals surface area contributed by atoms with Gasteiger partial charge in [0.15, 0.2) is 0 Å². The summed E-state index contributed by atoms with van der Waals surface area (Å²) in [7, 11) is 1.33. The Bertz CT molecular complexity index is 1420. The zero-order valence-corrected chi connectivity index (χ0v) is 18.5. The predicted molar refractivity (Wildman–Crippen MR) is 131 cm³/mol. The molecule has 0 N–H and O–H groups in total. The zero-order chi connectivity index (χ0) is 23.5. The number of hydrogen-bond acceptors (Lipinski definition) is 5. The lowest BCUT2D eigenvalue weighted by molar-refractivity contribution is -0.136. The van der Waals surface area contributed by atoms with E-state index in [1.807, 2.05) is 78.9 Å². The van der Waals surface area contributed by atoms with E-state index in [0.29, 0.717) is 28.1 Å². The maximum atomic E-state index is 13.7. The smallest absolute Gasteiger partial charge is 0.335 e. The second kappa shape index (κ2) is 9.11. The standard InChI is InChI=1S/C28H21N3O3/c1-34-28(33)21-17-23-24(26(29-18-21)27(32)20-13-7-3-8-14-20)25(19-11-5-2-6-12-19)30-31(23)22-15-9-4-10-16-22/h2-17H,18H2,1H3. The topological polar surface area (TPSA) is 73.5 Å². The highest BCUT2D eigenvalue weighted by atomic mass is 16.5. The molecule has 0 unspecified atom stereocenters. The van der Waals surface area contributed by atoms with E-state index in [1.165, 1.54) is 7.11 Å². The van der Waals surface area contributed by atoms with Crippen LogP contribution in [0.5, 0.6) is 0 Å². The summed E-state index contributed by atoms with van der Waals surface area (Å²) in [4.78, 5) is 30.8. The molecule has 166 valence electrons. The molecule has 0 atom stereocenters. The van der Waals surface area contributed by atoms with Crippen LogP contribution in [0.3, 0.4) is 0 Å². The third-order valence-corrected chi connectivity index (χ3v) is 5.62. The minimum atomic E-state index is -0.495. The van der Waals surface area contributed by atoms with Crippen molar-refractivity contribution in [1.82, 2.24) is 9.78 Å². The first kappa shape index (κ1) is 21.3. The predicted octanol–water partition coefficient (Wildman–Crippen LogP) is 4.78. The first-order valence-electron chi connectivity index (χ1n) is 10.8. The van der Waals surface area contributed by atoms with Crippen molar-refractivity contribution in [2.24, 2.45) is 4.99 Å². The van der Waals surface area contributed by atoms with E-state index in [1.54, 1.807) is 22.9 Å². The van der Waals surface area contributed by atoms with Crippen molar-refractivity contribution in [1.29, 1.82) is 0 Å². The van der Waals surface area contributed by atoms with Crippen molar-refractivity contribution in [3.63, 3.8) is 0 Å². The van der Waals surface area contributed by atoms with Crippen molar-refractivity contribution >= 4 is 23.5 Å². The number of methoxy groups -OCH3 is 1. The van der Waals surface area contributed by atoms with Gasteiger partial charge in [-0.05, 0) is 18.2 Å². The molecule has 0 aliphatic carbocycles. The van der Waals surface area contributed by atoms with Gasteiger partial charge in [-0.1, -0.05) is 78.9 Å². The number of hydrogen-bond donors (Lipinski definition) is 0. The van der Waals surface area contributed by atoms with E-state index in [0.717, 1.165) is 11.3 Å². The summed E-state index contributed by atoms with van der Waals surface area (Å²) in [5, 5.41) is 4.91. The number of ether oxygens (including phenoxy) is 1. The minimum Gasteiger partial charge on any atom is -0.466 e. The monoisotopic (exact) mass is 447 g/mol. The molecule has 0 saturated heterocycles. The highest BCUT2D eigenvalue weighted by molar-refractivity contribution is 6.53. The molecule has 0 saturated carbocycles. The molecule has 0 amide bonds. The summed E-state index contributed by atoms with van der Waals surface area (Å²) >= 11 is 0. The fourth-order valence-corrected chi connectivity index (χ4v) is 3.98. The first-order valence-corrected chi connectivity index (χ1v) is 10.8. The van der Waals surface area contributed by atoms with Crippen LogP contribution in [-0.4, -0.2) is 40.9 Å². The van der Waals surface area contributed by atoms with Crippen molar-refractivity contribution in [2.45, 2.75) is 0 Å². The average molecular weight is 447 g/mol. The number of nitrogens with zero attached hydrogens (tertiary/aromatic N) is 3. The summed E-state index contributed by atoms with van der Waals surface area (Å²) in [5.41, 5.74) is 4.57. The number of aliphatic imine (C=N–C) groups is 1. The van der Waals surface area contributed by atoms with Crippen molar-refractivity contribution < 1.29 is 14.3 Å². The van der Waals surface area contributed by atoms with Gasteiger partial charge in [0, 0.05) is 11.1 Å². The van der Waals surface area contributed by atoms with Gasteiger partial charge < -0.3 is 4.74 Å². The van der Waals surface area contributed by atoms with Gasteiger partial charge in [0.1, 0.15) is 11.4 Å². The molecule has 0 fully saturated rings. The number of carbonyl (C=O) groups excluding carboxylic acids is 2. The Kier molecular flexibility index (Phi) is 5.70. The molecular weight excluding hydrogens is 426 g/mol. The van der Waals surface area contributed by atoms with Crippen LogP contribution in [0.15, 0.2) is 102 Å². The van der Waals surface area contributed by atoms with Crippen molar-refractivity contribution in [3.8, 4) is 16.9 Å². The molecule has 6 heteroatoms. The molecule has 1 aliphatic heterocycles. The van der Waals surface area contributed by atoms with Crippen LogP contribution in [-0.2, 0) is 9.53 Å². The normalized spacial score (nSPS) is 12.7. The third-order valence-electron chi connectivity index (χ3n) is 5.62. The van der Waals surface area contributed by atoms with E-state index in [4.69, 9.17) is 9.84 Å². The molecule has 6 nitrogen and oxygen atoms in total. The molecule has 1 aliphatic rings. The van der Waals surface area contributed by atoms with E-state index in [2.05, 4.69) is 4.99 Å². The molecule has 3 aromatic carbocycles. The lowest BCUT2D eigenvalue weighted by atomic mass is 9.96. The van der Waals surface area contributed by atoms with Crippen LogP contribution in [0.25, 0.3) is 23.0 Å². The number of carbonyl (C=O) groups is 2. The van der Waals surface area contributed by atoms with Crippen molar-refractivity contribution in [2.75, 3.05) is 13.7 Å². The van der Waals surface area contributed by atoms with E-state index >= 15 is 0 Å². The number of ketones is 1. The van der Waals surface area contributed by atoms with Gasteiger partial charge in [-0.2, -0.15) is 5.10 Å². The summed E-state index contributed by atoms with van der Waals surface area (Å²) < 4.78 is 6.74. The molecular formula is C28H21N3O3. The maximum absolute atomic E-state index is 13.7. The van der Waals surface area contributed by atoms with E-state index < -0.39 is 5.97 Å². The second-order valence-electron chi connectivity index (χ2n) is 7.74. The Balaban J connectivity index is 1.82. The van der Waals surface area contributed by atoms with Crippen LogP contribution in [0.4, 0.5) is 0 Å². The quantitative estimate of drug-likeness (QED) is 0.326. The fourth-order valence-electron chi connectivity index (χ4n) is 3.98. The largest absolute Gasteiger partial charge is 0.466 e. The lowest BCUT2D eigenvalue weighted by Crippen LogP contribution is -2.18. The molecule has 34 heavy (non-hydrogen) atoms. The third kappa shape index (κ3) is 3.86. The van der Waals surface area contributed by atoms with Gasteiger partial charge >= 0.3 is 5.97 Å². The maximum Gasteiger partial charge on any atom is 0.335 e. The highest BCUT2D eigenvalue weighted by Gasteiger charge is 2.30. The second-order valence-corrected chi connectivity index (χ2v) is 7.74. The minimum absolute atomic E-state index is 0.0261.